The Morgan fingerprint density at radius 3 is 2.67 bits per heavy atom. The number of nitrogens with one attached hydrogen (secondary N) is 1. The van der Waals surface area contributed by atoms with Gasteiger partial charge in [-0.05, 0) is 12.1 Å². The lowest BCUT2D eigenvalue weighted by Gasteiger charge is -2.34. The molecule has 0 atom stereocenters. The molecule has 2 rings (SSSR count). The van der Waals surface area contributed by atoms with E-state index in [9.17, 15) is 8.78 Å². The van der Waals surface area contributed by atoms with Gasteiger partial charge in [0.15, 0.2) is 0 Å². The van der Waals surface area contributed by atoms with Crippen molar-refractivity contribution in [1.29, 1.82) is 0 Å². The maximum atomic E-state index is 13.8. The summed E-state index contributed by atoms with van der Waals surface area (Å²) in [5.74, 6) is -2.89. The summed E-state index contributed by atoms with van der Waals surface area (Å²) in [5, 5.41) is 2.85. The number of hydrogen-bond acceptors (Lipinski definition) is 2. The van der Waals surface area contributed by atoms with E-state index < -0.39 is 11.8 Å². The molecule has 0 aromatic heterocycles. The molecule has 1 heterocycles. The summed E-state index contributed by atoms with van der Waals surface area (Å²) >= 11 is 0. The van der Waals surface area contributed by atoms with Crippen molar-refractivity contribution < 1.29 is 13.5 Å². The molecule has 2 nitrogen and oxygen atoms in total. The Balaban J connectivity index is 2.26. The summed E-state index contributed by atoms with van der Waals surface area (Å²) < 4.78 is 32.6. The van der Waals surface area contributed by atoms with Crippen molar-refractivity contribution in [2.24, 2.45) is 5.92 Å². The Kier molecular flexibility index (Phi) is 2.61. The molecule has 15 heavy (non-hydrogen) atoms. The zero-order valence-corrected chi connectivity index (χ0v) is 8.47. The highest BCUT2D eigenvalue weighted by Crippen LogP contribution is 2.38. The molecule has 1 aromatic rings. The van der Waals surface area contributed by atoms with E-state index in [-0.39, 0.29) is 5.56 Å². The quantitative estimate of drug-likeness (QED) is 0.829. The number of methoxy groups -OCH3 is 1. The van der Waals surface area contributed by atoms with Gasteiger partial charge in [0.1, 0.15) is 5.75 Å². The Bertz CT molecular complexity index is 350. The minimum atomic E-state index is -2.76. The molecule has 1 aliphatic heterocycles. The third-order valence-electron chi connectivity index (χ3n) is 2.75. The first-order chi connectivity index (χ1) is 7.14. The number of alkyl halides is 2. The maximum Gasteiger partial charge on any atom is 0.278 e. The first-order valence-electron chi connectivity index (χ1n) is 4.87. The van der Waals surface area contributed by atoms with Gasteiger partial charge < -0.3 is 10.1 Å². The average Bonchev–Trinajstić information content (AvgIpc) is 2.14. The summed E-state index contributed by atoms with van der Waals surface area (Å²) in [6, 6.07) is 6.10. The molecule has 1 aromatic carbocycles. The van der Waals surface area contributed by atoms with Gasteiger partial charge in [-0.3, -0.25) is 0 Å². The second-order valence-corrected chi connectivity index (χ2v) is 3.71. The second-order valence-electron chi connectivity index (χ2n) is 3.71. The summed E-state index contributed by atoms with van der Waals surface area (Å²) in [4.78, 5) is 0. The average molecular weight is 213 g/mol. The van der Waals surface area contributed by atoms with Gasteiger partial charge in [0.2, 0.25) is 0 Å². The Morgan fingerprint density at radius 1 is 1.40 bits per heavy atom. The van der Waals surface area contributed by atoms with E-state index in [1.165, 1.54) is 19.2 Å². The molecule has 0 unspecified atom stereocenters. The van der Waals surface area contributed by atoms with Crippen LogP contribution in [0, 0.1) is 5.92 Å². The third kappa shape index (κ3) is 1.81. The van der Waals surface area contributed by atoms with E-state index in [1.54, 1.807) is 12.1 Å². The lowest BCUT2D eigenvalue weighted by molar-refractivity contribution is -0.0835. The fourth-order valence-corrected chi connectivity index (χ4v) is 1.61. The predicted molar refractivity (Wildman–Crippen MR) is 53.2 cm³/mol. The van der Waals surface area contributed by atoms with Crippen LogP contribution in [0.4, 0.5) is 8.78 Å². The molecule has 82 valence electrons. The van der Waals surface area contributed by atoms with Gasteiger partial charge >= 0.3 is 0 Å². The highest BCUT2D eigenvalue weighted by molar-refractivity contribution is 5.32. The van der Waals surface area contributed by atoms with E-state index in [2.05, 4.69) is 5.32 Å². The largest absolute Gasteiger partial charge is 0.497 e. The molecule has 0 radical (unpaired) electrons. The summed E-state index contributed by atoms with van der Waals surface area (Å²) in [6.45, 7) is 0.758. The number of halogens is 2. The fraction of sp³-hybridized carbons (Fsp3) is 0.455. The fourth-order valence-electron chi connectivity index (χ4n) is 1.61. The van der Waals surface area contributed by atoms with E-state index in [0.29, 0.717) is 18.8 Å². The van der Waals surface area contributed by atoms with Crippen LogP contribution in [0.5, 0.6) is 5.75 Å². The van der Waals surface area contributed by atoms with Crippen LogP contribution in [-0.2, 0) is 5.92 Å². The lowest BCUT2D eigenvalue weighted by atomic mass is 9.90. The van der Waals surface area contributed by atoms with Crippen molar-refractivity contribution >= 4 is 0 Å². The highest BCUT2D eigenvalue weighted by atomic mass is 19.3. The zero-order valence-electron chi connectivity index (χ0n) is 8.47. The van der Waals surface area contributed by atoms with E-state index in [0.717, 1.165) is 0 Å². The van der Waals surface area contributed by atoms with Gasteiger partial charge in [-0.2, -0.15) is 0 Å². The van der Waals surface area contributed by atoms with Crippen molar-refractivity contribution in [1.82, 2.24) is 5.32 Å². The van der Waals surface area contributed by atoms with Crippen LogP contribution in [0.2, 0.25) is 0 Å². The SMILES string of the molecule is COc1cccc(C(F)(F)C2CNC2)c1. The predicted octanol–water partition coefficient (Wildman–Crippen LogP) is 2.01. The van der Waals surface area contributed by atoms with Gasteiger partial charge in [0.05, 0.1) is 13.0 Å². The first kappa shape index (κ1) is 10.4. The molecule has 1 N–H and O–H groups in total. The summed E-state index contributed by atoms with van der Waals surface area (Å²) in [6.07, 6.45) is 0. The van der Waals surface area contributed by atoms with Crippen LogP contribution in [0.3, 0.4) is 0 Å². The van der Waals surface area contributed by atoms with Gasteiger partial charge in [-0.25, -0.2) is 8.78 Å². The number of hydrogen-bond donors (Lipinski definition) is 1. The number of rotatable bonds is 3. The Labute approximate surface area is 87.2 Å². The molecule has 0 amide bonds. The minimum Gasteiger partial charge on any atom is -0.497 e. The van der Waals surface area contributed by atoms with Crippen LogP contribution in [0.1, 0.15) is 5.56 Å². The highest BCUT2D eigenvalue weighted by Gasteiger charge is 2.44. The van der Waals surface area contributed by atoms with Crippen molar-refractivity contribution in [2.75, 3.05) is 20.2 Å². The van der Waals surface area contributed by atoms with Crippen LogP contribution < -0.4 is 10.1 Å². The minimum absolute atomic E-state index is 0.0355. The van der Waals surface area contributed by atoms with Gasteiger partial charge in [-0.1, -0.05) is 12.1 Å². The molecule has 1 aliphatic rings. The second kappa shape index (κ2) is 3.77. The van der Waals surface area contributed by atoms with E-state index in [4.69, 9.17) is 4.74 Å². The van der Waals surface area contributed by atoms with E-state index in [1.807, 2.05) is 0 Å². The maximum absolute atomic E-state index is 13.8. The molecular weight excluding hydrogens is 200 g/mol. The topological polar surface area (TPSA) is 21.3 Å². The molecule has 0 saturated carbocycles. The Morgan fingerprint density at radius 2 is 2.13 bits per heavy atom. The molecule has 0 spiro atoms. The summed E-state index contributed by atoms with van der Waals surface area (Å²) in [7, 11) is 1.47. The normalized spacial score (nSPS) is 17.3. The molecule has 4 heteroatoms. The zero-order chi connectivity index (χ0) is 10.9. The van der Waals surface area contributed by atoms with Crippen molar-refractivity contribution in [2.45, 2.75) is 5.92 Å². The molecule has 0 bridgehead atoms. The standard InChI is InChI=1S/C11H13F2NO/c1-15-10-4-2-3-8(5-10)11(12,13)9-6-14-7-9/h2-5,9,14H,6-7H2,1H3. The number of ether oxygens (including phenoxy) is 1. The number of benzene rings is 1. The smallest absolute Gasteiger partial charge is 0.278 e. The summed E-state index contributed by atoms with van der Waals surface area (Å²) in [5.41, 5.74) is 0.0355. The molecular formula is C11H13F2NO. The first-order valence-corrected chi connectivity index (χ1v) is 4.87. The molecule has 1 fully saturated rings. The van der Waals surface area contributed by atoms with Gasteiger partial charge in [-0.15, -0.1) is 0 Å². The van der Waals surface area contributed by atoms with Gasteiger partial charge in [0, 0.05) is 18.7 Å². The van der Waals surface area contributed by atoms with Crippen molar-refractivity contribution in [3.8, 4) is 5.75 Å². The van der Waals surface area contributed by atoms with E-state index >= 15 is 0 Å². The van der Waals surface area contributed by atoms with Crippen LogP contribution in [0.15, 0.2) is 24.3 Å². The third-order valence-corrected chi connectivity index (χ3v) is 2.75. The van der Waals surface area contributed by atoms with Crippen molar-refractivity contribution in [3.05, 3.63) is 29.8 Å². The molecule has 1 saturated heterocycles. The molecule has 0 aliphatic carbocycles. The Hall–Kier alpha value is -1.16. The van der Waals surface area contributed by atoms with Gasteiger partial charge in [0.25, 0.3) is 5.92 Å². The lowest BCUT2D eigenvalue weighted by Crippen LogP contribution is -2.50. The van der Waals surface area contributed by atoms with Crippen LogP contribution >= 0.6 is 0 Å². The van der Waals surface area contributed by atoms with Crippen LogP contribution in [0.25, 0.3) is 0 Å². The van der Waals surface area contributed by atoms with Crippen molar-refractivity contribution in [3.63, 3.8) is 0 Å². The van der Waals surface area contributed by atoms with Crippen LogP contribution in [-0.4, -0.2) is 20.2 Å². The monoisotopic (exact) mass is 213 g/mol.